The van der Waals surface area contributed by atoms with E-state index < -0.39 is 0 Å². The van der Waals surface area contributed by atoms with E-state index in [-0.39, 0.29) is 5.54 Å². The van der Waals surface area contributed by atoms with Crippen LogP contribution in [-0.2, 0) is 0 Å². The van der Waals surface area contributed by atoms with Gasteiger partial charge in [-0.3, -0.25) is 0 Å². The van der Waals surface area contributed by atoms with E-state index in [4.69, 9.17) is 10.5 Å². The summed E-state index contributed by atoms with van der Waals surface area (Å²) in [4.78, 5) is 4.41. The second-order valence-electron chi connectivity index (χ2n) is 5.36. The molecule has 1 aromatic rings. The van der Waals surface area contributed by atoms with Crippen molar-refractivity contribution in [1.29, 1.82) is 0 Å². The molecule has 2 rings (SSSR count). The van der Waals surface area contributed by atoms with Crippen molar-refractivity contribution in [3.63, 3.8) is 0 Å². The highest BCUT2D eigenvalue weighted by molar-refractivity contribution is 5.40. The first-order chi connectivity index (χ1) is 8.67. The van der Waals surface area contributed by atoms with Crippen molar-refractivity contribution in [1.82, 2.24) is 4.98 Å². The van der Waals surface area contributed by atoms with Crippen molar-refractivity contribution in [2.75, 3.05) is 19.0 Å². The Kier molecular flexibility index (Phi) is 4.07. The second kappa shape index (κ2) is 5.57. The molecule has 1 fully saturated rings. The highest BCUT2D eigenvalue weighted by Crippen LogP contribution is 2.33. The van der Waals surface area contributed by atoms with Crippen LogP contribution in [0.3, 0.4) is 0 Å². The summed E-state index contributed by atoms with van der Waals surface area (Å²) in [5.41, 5.74) is 5.99. The number of pyridine rings is 1. The molecule has 1 aliphatic carbocycles. The number of ether oxygens (including phenoxy) is 1. The van der Waals surface area contributed by atoms with Crippen LogP contribution in [0.1, 0.15) is 32.6 Å². The summed E-state index contributed by atoms with van der Waals surface area (Å²) in [6.07, 6.45) is 4.69. The lowest BCUT2D eigenvalue weighted by Gasteiger charge is -2.39. The van der Waals surface area contributed by atoms with Gasteiger partial charge in [-0.05, 0) is 37.7 Å². The Balaban J connectivity index is 2.09. The van der Waals surface area contributed by atoms with Crippen LogP contribution < -0.4 is 15.8 Å². The van der Waals surface area contributed by atoms with E-state index in [0.717, 1.165) is 24.6 Å². The van der Waals surface area contributed by atoms with Gasteiger partial charge in [0, 0.05) is 12.6 Å². The number of nitrogens with one attached hydrogen (secondary N) is 1. The van der Waals surface area contributed by atoms with Crippen LogP contribution in [0.2, 0.25) is 0 Å². The Hall–Kier alpha value is -1.29. The van der Waals surface area contributed by atoms with E-state index in [1.165, 1.54) is 12.8 Å². The molecular weight excluding hydrogens is 226 g/mol. The van der Waals surface area contributed by atoms with Crippen LogP contribution >= 0.6 is 0 Å². The lowest BCUT2D eigenvalue weighted by molar-refractivity contribution is 0.271. The minimum atomic E-state index is 0.00583. The Morgan fingerprint density at radius 3 is 2.78 bits per heavy atom. The summed E-state index contributed by atoms with van der Waals surface area (Å²) in [6.45, 7) is 2.96. The molecule has 0 amide bonds. The van der Waals surface area contributed by atoms with Crippen molar-refractivity contribution >= 4 is 5.82 Å². The van der Waals surface area contributed by atoms with Crippen molar-refractivity contribution < 1.29 is 4.74 Å². The third-order valence-electron chi connectivity index (χ3n) is 3.95. The zero-order valence-electron chi connectivity index (χ0n) is 11.3. The van der Waals surface area contributed by atoms with Crippen LogP contribution in [0.15, 0.2) is 18.2 Å². The summed E-state index contributed by atoms with van der Waals surface area (Å²) in [6, 6.07) is 5.77. The van der Waals surface area contributed by atoms with Gasteiger partial charge in [0.15, 0.2) is 0 Å². The minimum Gasteiger partial charge on any atom is -0.481 e. The van der Waals surface area contributed by atoms with Crippen molar-refractivity contribution in [3.8, 4) is 5.88 Å². The van der Waals surface area contributed by atoms with Gasteiger partial charge < -0.3 is 15.8 Å². The molecule has 0 radical (unpaired) electrons. The van der Waals surface area contributed by atoms with Gasteiger partial charge in [0.05, 0.1) is 12.6 Å². The Morgan fingerprint density at radius 2 is 2.17 bits per heavy atom. The first-order valence-corrected chi connectivity index (χ1v) is 6.67. The highest BCUT2D eigenvalue weighted by atomic mass is 16.5. The van der Waals surface area contributed by atoms with E-state index in [2.05, 4.69) is 17.2 Å². The molecule has 0 atom stereocenters. The number of nitrogens with two attached hydrogens (primary N) is 1. The monoisotopic (exact) mass is 249 g/mol. The molecule has 1 aromatic heterocycles. The van der Waals surface area contributed by atoms with Gasteiger partial charge in [-0.25, -0.2) is 0 Å². The largest absolute Gasteiger partial charge is 0.481 e. The van der Waals surface area contributed by atoms with Gasteiger partial charge in [0.1, 0.15) is 5.82 Å². The third-order valence-corrected chi connectivity index (χ3v) is 3.95. The van der Waals surface area contributed by atoms with E-state index in [1.807, 2.05) is 18.2 Å². The fourth-order valence-electron chi connectivity index (χ4n) is 2.56. The van der Waals surface area contributed by atoms with E-state index in [0.29, 0.717) is 12.4 Å². The lowest BCUT2D eigenvalue weighted by Crippen LogP contribution is -2.48. The van der Waals surface area contributed by atoms with E-state index in [9.17, 15) is 0 Å². The minimum absolute atomic E-state index is 0.00583. The number of methoxy groups -OCH3 is 1. The average molecular weight is 249 g/mol. The fraction of sp³-hybridized carbons (Fsp3) is 0.643. The molecule has 100 valence electrons. The lowest BCUT2D eigenvalue weighted by atomic mass is 9.77. The smallest absolute Gasteiger partial charge is 0.214 e. The van der Waals surface area contributed by atoms with Crippen LogP contribution in [0.25, 0.3) is 0 Å². The molecule has 1 aliphatic rings. The van der Waals surface area contributed by atoms with Crippen LogP contribution in [0.5, 0.6) is 5.88 Å². The maximum atomic E-state index is 5.98. The fourth-order valence-corrected chi connectivity index (χ4v) is 2.56. The van der Waals surface area contributed by atoms with Crippen molar-refractivity contribution in [2.45, 2.75) is 38.1 Å². The first kappa shape index (κ1) is 13.1. The van der Waals surface area contributed by atoms with Crippen LogP contribution in [0, 0.1) is 5.92 Å². The number of hydrogen-bond acceptors (Lipinski definition) is 4. The molecule has 18 heavy (non-hydrogen) atoms. The molecule has 4 heteroatoms. The van der Waals surface area contributed by atoms with Gasteiger partial charge in [-0.1, -0.05) is 13.0 Å². The Labute approximate surface area is 109 Å². The zero-order chi connectivity index (χ0) is 13.0. The molecule has 0 bridgehead atoms. The average Bonchev–Trinajstić information content (AvgIpc) is 2.42. The van der Waals surface area contributed by atoms with Gasteiger partial charge in [-0.2, -0.15) is 4.98 Å². The number of hydrogen-bond donors (Lipinski definition) is 2. The SMILES string of the molecule is COc1cccc(NC2(CN)CCC(C)CC2)n1. The summed E-state index contributed by atoms with van der Waals surface area (Å²) >= 11 is 0. The summed E-state index contributed by atoms with van der Waals surface area (Å²) < 4.78 is 5.15. The molecule has 0 spiro atoms. The van der Waals surface area contributed by atoms with Gasteiger partial charge in [0.2, 0.25) is 5.88 Å². The maximum Gasteiger partial charge on any atom is 0.214 e. The number of aromatic nitrogens is 1. The highest BCUT2D eigenvalue weighted by Gasteiger charge is 2.33. The zero-order valence-corrected chi connectivity index (χ0v) is 11.3. The Bertz CT molecular complexity index is 386. The predicted octanol–water partition coefficient (Wildman–Crippen LogP) is 2.41. The molecule has 0 aromatic carbocycles. The normalized spacial score (nSPS) is 27.8. The molecular formula is C14H23N3O. The summed E-state index contributed by atoms with van der Waals surface area (Å²) in [5.74, 6) is 2.30. The van der Waals surface area contributed by atoms with E-state index >= 15 is 0 Å². The van der Waals surface area contributed by atoms with Gasteiger partial charge in [0.25, 0.3) is 0 Å². The van der Waals surface area contributed by atoms with Crippen molar-refractivity contribution in [3.05, 3.63) is 18.2 Å². The molecule has 0 aliphatic heterocycles. The second-order valence-corrected chi connectivity index (χ2v) is 5.36. The predicted molar refractivity (Wildman–Crippen MR) is 73.8 cm³/mol. The van der Waals surface area contributed by atoms with Gasteiger partial charge >= 0.3 is 0 Å². The topological polar surface area (TPSA) is 60.2 Å². The standard InChI is InChI=1S/C14H23N3O/c1-11-6-8-14(10-15,9-7-11)17-12-4-3-5-13(16-12)18-2/h3-5,11H,6-10,15H2,1-2H3,(H,16,17). The quantitative estimate of drug-likeness (QED) is 0.860. The molecule has 3 N–H and O–H groups in total. The first-order valence-electron chi connectivity index (χ1n) is 6.67. The van der Waals surface area contributed by atoms with Gasteiger partial charge in [-0.15, -0.1) is 0 Å². The number of anilines is 1. The third kappa shape index (κ3) is 2.93. The molecule has 1 saturated carbocycles. The van der Waals surface area contributed by atoms with E-state index in [1.54, 1.807) is 7.11 Å². The van der Waals surface area contributed by atoms with Crippen LogP contribution in [-0.4, -0.2) is 24.2 Å². The Morgan fingerprint density at radius 1 is 1.44 bits per heavy atom. The van der Waals surface area contributed by atoms with Crippen LogP contribution in [0.4, 0.5) is 5.82 Å². The summed E-state index contributed by atoms with van der Waals surface area (Å²) in [7, 11) is 1.63. The maximum absolute atomic E-state index is 5.98. The number of rotatable bonds is 4. The molecule has 0 saturated heterocycles. The molecule has 1 heterocycles. The molecule has 0 unspecified atom stereocenters. The summed E-state index contributed by atoms with van der Waals surface area (Å²) in [5, 5.41) is 3.52. The molecule has 4 nitrogen and oxygen atoms in total. The number of nitrogens with zero attached hydrogens (tertiary/aromatic N) is 1. The van der Waals surface area contributed by atoms with Crippen molar-refractivity contribution in [2.24, 2.45) is 11.7 Å².